The highest BCUT2D eigenvalue weighted by Crippen LogP contribution is 2.25. The van der Waals surface area contributed by atoms with Gasteiger partial charge in [-0.1, -0.05) is 15.9 Å². The summed E-state index contributed by atoms with van der Waals surface area (Å²) in [6.07, 6.45) is 0. The molecular formula is C14H11BrN2O. The van der Waals surface area contributed by atoms with Crippen LogP contribution in [0.2, 0.25) is 0 Å². The van der Waals surface area contributed by atoms with Gasteiger partial charge in [-0.15, -0.1) is 0 Å². The second-order valence-corrected chi connectivity index (χ2v) is 4.57. The fraction of sp³-hybridized carbons (Fsp3) is 0.0714. The normalized spacial score (nSPS) is 9.61. The summed E-state index contributed by atoms with van der Waals surface area (Å²) in [7, 11) is 1.63. The Balaban J connectivity index is 2.25. The Morgan fingerprint density at radius 3 is 2.50 bits per heavy atom. The lowest BCUT2D eigenvalue weighted by Crippen LogP contribution is -1.93. The quantitative estimate of drug-likeness (QED) is 0.929. The number of nitrogens with one attached hydrogen (secondary N) is 1. The van der Waals surface area contributed by atoms with E-state index < -0.39 is 0 Å². The van der Waals surface area contributed by atoms with E-state index in [4.69, 9.17) is 10.00 Å². The second-order valence-electron chi connectivity index (χ2n) is 3.66. The molecule has 0 aliphatic rings. The molecule has 1 N–H and O–H groups in total. The Bertz CT molecular complexity index is 588. The minimum absolute atomic E-state index is 0.597. The maximum atomic E-state index is 9.07. The summed E-state index contributed by atoms with van der Waals surface area (Å²) in [4.78, 5) is 0. The number of nitriles is 1. The minimum Gasteiger partial charge on any atom is -0.497 e. The molecule has 0 saturated heterocycles. The maximum absolute atomic E-state index is 9.07. The van der Waals surface area contributed by atoms with Gasteiger partial charge in [-0.2, -0.15) is 5.26 Å². The Morgan fingerprint density at radius 1 is 1.17 bits per heavy atom. The van der Waals surface area contributed by atoms with E-state index in [0.717, 1.165) is 21.6 Å². The fourth-order valence-corrected chi connectivity index (χ4v) is 1.91. The topological polar surface area (TPSA) is 45.0 Å². The minimum atomic E-state index is 0.597. The van der Waals surface area contributed by atoms with Crippen LogP contribution in [0.3, 0.4) is 0 Å². The number of methoxy groups -OCH3 is 1. The first-order valence-electron chi connectivity index (χ1n) is 5.33. The molecule has 3 nitrogen and oxygen atoms in total. The molecule has 18 heavy (non-hydrogen) atoms. The molecule has 0 unspecified atom stereocenters. The smallest absolute Gasteiger partial charge is 0.119 e. The van der Waals surface area contributed by atoms with Crippen LogP contribution in [-0.2, 0) is 0 Å². The summed E-state index contributed by atoms with van der Waals surface area (Å²) in [6, 6.07) is 15.3. The van der Waals surface area contributed by atoms with Gasteiger partial charge in [0, 0.05) is 10.2 Å². The van der Waals surface area contributed by atoms with E-state index in [1.807, 2.05) is 36.4 Å². The van der Waals surface area contributed by atoms with Gasteiger partial charge in [-0.25, -0.2) is 0 Å². The van der Waals surface area contributed by atoms with Gasteiger partial charge in [0.05, 0.1) is 18.4 Å². The molecule has 0 bridgehead atoms. The average molecular weight is 303 g/mol. The van der Waals surface area contributed by atoms with Crippen LogP contribution in [0.15, 0.2) is 46.9 Å². The summed E-state index contributed by atoms with van der Waals surface area (Å²) in [5.74, 6) is 0.803. The molecule has 0 amide bonds. The number of hydrogen-bond donors (Lipinski definition) is 1. The second kappa shape index (κ2) is 5.56. The van der Waals surface area contributed by atoms with Gasteiger partial charge >= 0.3 is 0 Å². The van der Waals surface area contributed by atoms with E-state index in [2.05, 4.69) is 27.3 Å². The summed E-state index contributed by atoms with van der Waals surface area (Å²) in [6.45, 7) is 0. The molecule has 0 aliphatic heterocycles. The number of benzene rings is 2. The van der Waals surface area contributed by atoms with Gasteiger partial charge in [-0.3, -0.25) is 0 Å². The van der Waals surface area contributed by atoms with Gasteiger partial charge < -0.3 is 10.1 Å². The molecule has 0 atom stereocenters. The van der Waals surface area contributed by atoms with Crippen molar-refractivity contribution in [1.82, 2.24) is 0 Å². The monoisotopic (exact) mass is 302 g/mol. The third-order valence-corrected chi connectivity index (χ3v) is 2.96. The Kier molecular flexibility index (Phi) is 3.85. The van der Waals surface area contributed by atoms with E-state index >= 15 is 0 Å². The number of ether oxygens (including phenoxy) is 1. The molecule has 0 radical (unpaired) electrons. The standard InChI is InChI=1S/C14H11BrN2O/c1-18-13-5-3-12(4-6-13)17-14-7-2-11(15)8-10(14)9-16/h2-8,17H,1H3. The number of anilines is 2. The molecule has 0 aromatic heterocycles. The summed E-state index contributed by atoms with van der Waals surface area (Å²) in [5.41, 5.74) is 2.29. The molecule has 2 aromatic rings. The van der Waals surface area contributed by atoms with Crippen LogP contribution in [0.4, 0.5) is 11.4 Å². The van der Waals surface area contributed by atoms with Crippen LogP contribution in [0, 0.1) is 11.3 Å². The van der Waals surface area contributed by atoms with E-state index in [1.165, 1.54) is 0 Å². The van der Waals surface area contributed by atoms with E-state index in [0.29, 0.717) is 5.56 Å². The van der Waals surface area contributed by atoms with Gasteiger partial charge in [0.2, 0.25) is 0 Å². The van der Waals surface area contributed by atoms with E-state index in [1.54, 1.807) is 13.2 Å². The molecule has 0 fully saturated rings. The van der Waals surface area contributed by atoms with Gasteiger partial charge in [0.15, 0.2) is 0 Å². The lowest BCUT2D eigenvalue weighted by molar-refractivity contribution is 0.415. The fourth-order valence-electron chi connectivity index (χ4n) is 1.55. The van der Waals surface area contributed by atoms with Crippen LogP contribution in [0.5, 0.6) is 5.75 Å². The first-order valence-corrected chi connectivity index (χ1v) is 6.13. The SMILES string of the molecule is COc1ccc(Nc2ccc(Br)cc2C#N)cc1. The lowest BCUT2D eigenvalue weighted by atomic mass is 10.2. The van der Waals surface area contributed by atoms with Crippen molar-refractivity contribution in [3.63, 3.8) is 0 Å². The third-order valence-electron chi connectivity index (χ3n) is 2.47. The van der Waals surface area contributed by atoms with Gasteiger partial charge in [-0.05, 0) is 42.5 Å². The van der Waals surface area contributed by atoms with Crippen molar-refractivity contribution < 1.29 is 4.74 Å². The average Bonchev–Trinajstić information content (AvgIpc) is 2.41. The van der Waals surface area contributed by atoms with Crippen molar-refractivity contribution in [3.05, 3.63) is 52.5 Å². The summed E-state index contributed by atoms with van der Waals surface area (Å²) < 4.78 is 5.98. The molecule has 90 valence electrons. The Morgan fingerprint density at radius 2 is 1.89 bits per heavy atom. The predicted octanol–water partition coefficient (Wildman–Crippen LogP) is 4.07. The summed E-state index contributed by atoms with van der Waals surface area (Å²) in [5, 5.41) is 12.3. The van der Waals surface area contributed by atoms with Crippen molar-refractivity contribution in [1.29, 1.82) is 5.26 Å². The highest BCUT2D eigenvalue weighted by molar-refractivity contribution is 9.10. The molecule has 2 rings (SSSR count). The van der Waals surface area contributed by atoms with E-state index in [-0.39, 0.29) is 0 Å². The van der Waals surface area contributed by atoms with Crippen molar-refractivity contribution in [2.45, 2.75) is 0 Å². The first-order chi connectivity index (χ1) is 8.72. The predicted molar refractivity (Wildman–Crippen MR) is 75.1 cm³/mol. The number of halogens is 1. The molecule has 4 heteroatoms. The van der Waals surface area contributed by atoms with Crippen molar-refractivity contribution >= 4 is 27.3 Å². The van der Waals surface area contributed by atoms with E-state index in [9.17, 15) is 0 Å². The molecule has 2 aromatic carbocycles. The summed E-state index contributed by atoms with van der Waals surface area (Å²) >= 11 is 3.35. The Hall–Kier alpha value is -1.99. The lowest BCUT2D eigenvalue weighted by Gasteiger charge is -2.09. The largest absolute Gasteiger partial charge is 0.497 e. The number of rotatable bonds is 3. The zero-order chi connectivity index (χ0) is 13.0. The molecule has 0 saturated carbocycles. The van der Waals surface area contributed by atoms with Crippen LogP contribution >= 0.6 is 15.9 Å². The van der Waals surface area contributed by atoms with Crippen molar-refractivity contribution in [2.75, 3.05) is 12.4 Å². The van der Waals surface area contributed by atoms with Gasteiger partial charge in [0.1, 0.15) is 11.8 Å². The first kappa shape index (κ1) is 12.5. The third kappa shape index (κ3) is 2.82. The maximum Gasteiger partial charge on any atom is 0.119 e. The molecule has 0 spiro atoms. The van der Waals surface area contributed by atoms with Crippen molar-refractivity contribution in [3.8, 4) is 11.8 Å². The zero-order valence-corrected chi connectivity index (χ0v) is 11.4. The molecule has 0 aliphatic carbocycles. The van der Waals surface area contributed by atoms with Crippen LogP contribution in [-0.4, -0.2) is 7.11 Å². The number of hydrogen-bond acceptors (Lipinski definition) is 3. The van der Waals surface area contributed by atoms with Crippen LogP contribution in [0.25, 0.3) is 0 Å². The molecular weight excluding hydrogens is 292 g/mol. The van der Waals surface area contributed by atoms with Crippen LogP contribution in [0.1, 0.15) is 5.56 Å². The highest BCUT2D eigenvalue weighted by atomic mass is 79.9. The van der Waals surface area contributed by atoms with Crippen molar-refractivity contribution in [2.24, 2.45) is 0 Å². The number of nitrogens with zero attached hydrogens (tertiary/aromatic N) is 1. The zero-order valence-electron chi connectivity index (χ0n) is 9.77. The Labute approximate surface area is 114 Å². The molecule has 0 heterocycles. The van der Waals surface area contributed by atoms with Crippen LogP contribution < -0.4 is 10.1 Å². The van der Waals surface area contributed by atoms with Gasteiger partial charge in [0.25, 0.3) is 0 Å². The highest BCUT2D eigenvalue weighted by Gasteiger charge is 2.03.